The van der Waals surface area contributed by atoms with Crippen LogP contribution < -0.4 is 11.1 Å². The van der Waals surface area contributed by atoms with Crippen molar-refractivity contribution in [2.45, 2.75) is 20.3 Å². The van der Waals surface area contributed by atoms with Crippen molar-refractivity contribution >= 4 is 28.9 Å². The molecule has 3 N–H and O–H groups in total. The largest absolute Gasteiger partial charge is 0.389 e. The monoisotopic (exact) mass is 304 g/mol. The Labute approximate surface area is 127 Å². The van der Waals surface area contributed by atoms with Gasteiger partial charge in [0.25, 0.3) is 5.91 Å². The fourth-order valence-electron chi connectivity index (χ4n) is 1.91. The van der Waals surface area contributed by atoms with Crippen molar-refractivity contribution in [3.63, 3.8) is 0 Å². The van der Waals surface area contributed by atoms with Gasteiger partial charge in [-0.05, 0) is 19.4 Å². The smallest absolute Gasteiger partial charge is 0.258 e. The second kappa shape index (κ2) is 5.96. The van der Waals surface area contributed by atoms with Crippen LogP contribution in [0.1, 0.15) is 34.2 Å². The van der Waals surface area contributed by atoms with Crippen LogP contribution in [0.2, 0.25) is 0 Å². The molecule has 2 heterocycles. The van der Waals surface area contributed by atoms with Gasteiger partial charge in [0.2, 0.25) is 0 Å². The molecule has 0 radical (unpaired) electrons. The molecule has 0 atom stereocenters. The summed E-state index contributed by atoms with van der Waals surface area (Å²) in [5.74, 6) is 0.176. The lowest BCUT2D eigenvalue weighted by Gasteiger charge is -2.10. The lowest BCUT2D eigenvalue weighted by molar-refractivity contribution is 0.102. The molecule has 0 unspecified atom stereocenters. The van der Waals surface area contributed by atoms with Crippen LogP contribution in [0.15, 0.2) is 12.3 Å². The van der Waals surface area contributed by atoms with E-state index in [9.17, 15) is 4.79 Å². The van der Waals surface area contributed by atoms with Crippen molar-refractivity contribution in [3.05, 3.63) is 34.8 Å². The fraction of sp³-hybridized carbons (Fsp3) is 0.308. The molecule has 2 aromatic heterocycles. The number of hydrogen-bond donors (Lipinski definition) is 2. The van der Waals surface area contributed by atoms with Crippen molar-refractivity contribution in [1.29, 1.82) is 0 Å². The van der Waals surface area contributed by atoms with Gasteiger partial charge in [-0.1, -0.05) is 19.1 Å². The number of nitrogens with zero attached hydrogens (tertiary/aromatic N) is 4. The highest BCUT2D eigenvalue weighted by molar-refractivity contribution is 7.80. The van der Waals surface area contributed by atoms with E-state index in [0.29, 0.717) is 34.8 Å². The van der Waals surface area contributed by atoms with Crippen LogP contribution in [0, 0.1) is 6.92 Å². The molecule has 7 nitrogen and oxygen atoms in total. The van der Waals surface area contributed by atoms with Gasteiger partial charge in [-0.3, -0.25) is 9.48 Å². The molecule has 1 amide bonds. The maximum atomic E-state index is 12.5. The summed E-state index contributed by atoms with van der Waals surface area (Å²) in [6, 6.07) is 1.71. The summed E-state index contributed by atoms with van der Waals surface area (Å²) < 4.78 is 1.51. The minimum atomic E-state index is -0.286. The van der Waals surface area contributed by atoms with Crippen LogP contribution in [0.3, 0.4) is 0 Å². The number of rotatable bonds is 4. The third kappa shape index (κ3) is 3.05. The minimum absolute atomic E-state index is 0.179. The zero-order valence-corrected chi connectivity index (χ0v) is 12.9. The maximum Gasteiger partial charge on any atom is 0.258 e. The number of aromatic nitrogens is 4. The normalized spacial score (nSPS) is 10.4. The Hall–Kier alpha value is -2.35. The predicted octanol–water partition coefficient (Wildman–Crippen LogP) is 0.967. The van der Waals surface area contributed by atoms with Gasteiger partial charge >= 0.3 is 0 Å². The Morgan fingerprint density at radius 2 is 2.14 bits per heavy atom. The summed E-state index contributed by atoms with van der Waals surface area (Å²) in [6.45, 7) is 3.70. The molecule has 8 heteroatoms. The molecule has 0 saturated heterocycles. The van der Waals surface area contributed by atoms with E-state index in [1.807, 2.05) is 6.92 Å². The molecular formula is C13H16N6OS. The van der Waals surface area contributed by atoms with E-state index < -0.39 is 0 Å². The molecule has 21 heavy (non-hydrogen) atoms. The topological polar surface area (TPSA) is 98.7 Å². The molecule has 0 fully saturated rings. The van der Waals surface area contributed by atoms with E-state index >= 15 is 0 Å². The van der Waals surface area contributed by atoms with E-state index in [-0.39, 0.29) is 10.9 Å². The first kappa shape index (κ1) is 15.0. The SMILES string of the molecule is CCc1nnc(C)cc1C(=O)Nc1c(C(N)=S)cnn1C. The molecule has 0 spiro atoms. The van der Waals surface area contributed by atoms with Crippen molar-refractivity contribution < 1.29 is 4.79 Å². The average molecular weight is 304 g/mol. The quantitative estimate of drug-likeness (QED) is 0.817. The molecule has 110 valence electrons. The van der Waals surface area contributed by atoms with Crippen molar-refractivity contribution in [2.24, 2.45) is 12.8 Å². The van der Waals surface area contributed by atoms with Crippen LogP contribution in [0.4, 0.5) is 5.82 Å². The van der Waals surface area contributed by atoms with Gasteiger partial charge < -0.3 is 11.1 Å². The molecule has 0 aliphatic rings. The standard InChI is InChI=1S/C13H16N6OS/c1-4-10-8(5-7(2)17-18-10)13(20)16-12-9(11(14)21)6-15-19(12)3/h5-6H,4H2,1-3H3,(H2,14,21)(H,16,20). The number of carbonyl (C=O) groups excluding carboxylic acids is 1. The molecular weight excluding hydrogens is 288 g/mol. The van der Waals surface area contributed by atoms with Gasteiger partial charge in [-0.15, -0.1) is 0 Å². The van der Waals surface area contributed by atoms with Gasteiger partial charge in [0, 0.05) is 7.05 Å². The average Bonchev–Trinajstić information content (AvgIpc) is 2.80. The van der Waals surface area contributed by atoms with Gasteiger partial charge in [0.05, 0.1) is 28.7 Å². The number of amides is 1. The van der Waals surface area contributed by atoms with E-state index in [1.165, 1.54) is 10.9 Å². The molecule has 2 rings (SSSR count). The second-order valence-corrected chi connectivity index (χ2v) is 4.99. The second-order valence-electron chi connectivity index (χ2n) is 4.55. The highest BCUT2D eigenvalue weighted by atomic mass is 32.1. The lowest BCUT2D eigenvalue weighted by atomic mass is 10.1. The first-order chi connectivity index (χ1) is 9.93. The molecule has 0 saturated carbocycles. The molecule has 0 aliphatic heterocycles. The summed E-state index contributed by atoms with van der Waals surface area (Å²) in [5, 5.41) is 14.8. The van der Waals surface area contributed by atoms with Crippen molar-refractivity contribution in [3.8, 4) is 0 Å². The van der Waals surface area contributed by atoms with Crippen molar-refractivity contribution in [1.82, 2.24) is 20.0 Å². The van der Waals surface area contributed by atoms with E-state index in [4.69, 9.17) is 18.0 Å². The highest BCUT2D eigenvalue weighted by Crippen LogP contribution is 2.16. The molecule has 0 aromatic carbocycles. The summed E-state index contributed by atoms with van der Waals surface area (Å²) in [5.41, 5.74) is 7.95. The fourth-order valence-corrected chi connectivity index (χ4v) is 2.06. The van der Waals surface area contributed by atoms with E-state index in [1.54, 1.807) is 20.0 Å². The molecule has 2 aromatic rings. The predicted molar refractivity (Wildman–Crippen MR) is 83.2 cm³/mol. The van der Waals surface area contributed by atoms with Crippen molar-refractivity contribution in [2.75, 3.05) is 5.32 Å². The Morgan fingerprint density at radius 1 is 1.43 bits per heavy atom. The molecule has 0 aliphatic carbocycles. The van der Waals surface area contributed by atoms with Gasteiger partial charge in [-0.2, -0.15) is 15.3 Å². The Kier molecular flexibility index (Phi) is 4.27. The van der Waals surface area contributed by atoms with Gasteiger partial charge in [0.1, 0.15) is 10.8 Å². The van der Waals surface area contributed by atoms with E-state index in [0.717, 1.165) is 0 Å². The number of anilines is 1. The maximum absolute atomic E-state index is 12.5. The summed E-state index contributed by atoms with van der Waals surface area (Å²) in [4.78, 5) is 12.6. The number of hydrogen-bond acceptors (Lipinski definition) is 5. The van der Waals surface area contributed by atoms with Crippen LogP contribution in [-0.4, -0.2) is 30.9 Å². The summed E-state index contributed by atoms with van der Waals surface area (Å²) >= 11 is 4.95. The van der Waals surface area contributed by atoms with E-state index in [2.05, 4.69) is 20.6 Å². The van der Waals surface area contributed by atoms with Crippen LogP contribution in [0.5, 0.6) is 0 Å². The van der Waals surface area contributed by atoms with Gasteiger partial charge in [0.15, 0.2) is 0 Å². The third-order valence-electron chi connectivity index (χ3n) is 3.01. The Bertz CT molecular complexity index is 709. The first-order valence-electron chi connectivity index (χ1n) is 6.40. The summed E-state index contributed by atoms with van der Waals surface area (Å²) in [6.07, 6.45) is 2.14. The molecule has 0 bridgehead atoms. The number of nitrogens with one attached hydrogen (secondary N) is 1. The zero-order valence-electron chi connectivity index (χ0n) is 12.0. The zero-order chi connectivity index (χ0) is 15.6. The van der Waals surface area contributed by atoms with Crippen LogP contribution in [-0.2, 0) is 13.5 Å². The number of nitrogens with two attached hydrogens (primary N) is 1. The van der Waals surface area contributed by atoms with Gasteiger partial charge in [-0.25, -0.2) is 0 Å². The summed E-state index contributed by atoms with van der Waals surface area (Å²) in [7, 11) is 1.70. The van der Waals surface area contributed by atoms with Crippen LogP contribution in [0.25, 0.3) is 0 Å². The number of thiocarbonyl (C=S) groups is 1. The number of aryl methyl sites for hydroxylation is 3. The highest BCUT2D eigenvalue weighted by Gasteiger charge is 2.18. The third-order valence-corrected chi connectivity index (χ3v) is 3.23. The Balaban J connectivity index is 2.37. The lowest BCUT2D eigenvalue weighted by Crippen LogP contribution is -2.20. The Morgan fingerprint density at radius 3 is 2.76 bits per heavy atom. The first-order valence-corrected chi connectivity index (χ1v) is 6.81. The minimum Gasteiger partial charge on any atom is -0.389 e. The van der Waals surface area contributed by atoms with Crippen LogP contribution >= 0.6 is 12.2 Å². The number of carbonyl (C=O) groups is 1.